The molecule has 2 aliphatic rings. The van der Waals surface area contributed by atoms with Crippen molar-refractivity contribution in [2.24, 2.45) is 5.92 Å². The summed E-state index contributed by atoms with van der Waals surface area (Å²) >= 11 is 0. The van der Waals surface area contributed by atoms with Crippen LogP contribution in [0.4, 0.5) is 0 Å². The van der Waals surface area contributed by atoms with Crippen molar-refractivity contribution in [2.45, 2.75) is 30.2 Å². The van der Waals surface area contributed by atoms with Gasteiger partial charge in [0.25, 0.3) is 0 Å². The molecule has 122 valence electrons. The maximum absolute atomic E-state index is 12.8. The minimum Gasteiger partial charge on any atom is -0.301 e. The monoisotopic (exact) mass is 331 g/mol. The number of sulfonamides is 1. The smallest absolute Gasteiger partial charge is 0.243 e. The van der Waals surface area contributed by atoms with Gasteiger partial charge in [0, 0.05) is 30.7 Å². The Morgan fingerprint density at radius 2 is 2.00 bits per heavy atom. The van der Waals surface area contributed by atoms with Gasteiger partial charge in [-0.05, 0) is 43.9 Å². The number of pyridine rings is 1. The van der Waals surface area contributed by atoms with E-state index in [1.165, 1.54) is 12.8 Å². The summed E-state index contributed by atoms with van der Waals surface area (Å²) in [4.78, 5) is 6.91. The van der Waals surface area contributed by atoms with Crippen LogP contribution in [0.2, 0.25) is 0 Å². The molecule has 1 aromatic carbocycles. The highest BCUT2D eigenvalue weighted by Gasteiger charge is 2.31. The number of hydrogen-bond donors (Lipinski definition) is 1. The van der Waals surface area contributed by atoms with E-state index >= 15 is 0 Å². The summed E-state index contributed by atoms with van der Waals surface area (Å²) in [5, 5.41) is 0.845. The van der Waals surface area contributed by atoms with Crippen molar-refractivity contribution in [3.05, 3.63) is 36.5 Å². The number of aromatic nitrogens is 1. The molecule has 0 spiro atoms. The van der Waals surface area contributed by atoms with Gasteiger partial charge in [-0.2, -0.15) is 0 Å². The van der Waals surface area contributed by atoms with Gasteiger partial charge in [0.2, 0.25) is 10.0 Å². The third kappa shape index (κ3) is 3.24. The fourth-order valence-electron chi connectivity index (χ4n) is 3.34. The van der Waals surface area contributed by atoms with Gasteiger partial charge in [0.1, 0.15) is 4.90 Å². The van der Waals surface area contributed by atoms with Crippen LogP contribution in [0.1, 0.15) is 19.3 Å². The lowest BCUT2D eigenvalue weighted by atomic mass is 10.2. The van der Waals surface area contributed by atoms with Crippen LogP contribution in [0.5, 0.6) is 0 Å². The van der Waals surface area contributed by atoms with E-state index in [0.29, 0.717) is 5.52 Å². The van der Waals surface area contributed by atoms with Gasteiger partial charge in [0.05, 0.1) is 5.52 Å². The van der Waals surface area contributed by atoms with Crippen LogP contribution >= 0.6 is 0 Å². The highest BCUT2D eigenvalue weighted by atomic mass is 32.2. The van der Waals surface area contributed by atoms with Gasteiger partial charge in [0.15, 0.2) is 0 Å². The molecule has 2 aromatic rings. The minimum atomic E-state index is -3.55. The number of hydrogen-bond acceptors (Lipinski definition) is 4. The van der Waals surface area contributed by atoms with E-state index in [0.717, 1.165) is 37.4 Å². The first-order valence-electron chi connectivity index (χ1n) is 8.20. The molecule has 2 heterocycles. The molecular weight excluding hydrogens is 310 g/mol. The quantitative estimate of drug-likeness (QED) is 0.910. The molecule has 6 heteroatoms. The zero-order valence-electron chi connectivity index (χ0n) is 13.0. The molecule has 5 nitrogen and oxygen atoms in total. The molecule has 4 rings (SSSR count). The SMILES string of the molecule is O=S(=O)(NC1CCN(CC2CC2)C1)c1cccc2cccnc12. The fraction of sp³-hybridized carbons (Fsp3) is 0.471. The summed E-state index contributed by atoms with van der Waals surface area (Å²) in [7, 11) is -3.55. The van der Waals surface area contributed by atoms with Crippen molar-refractivity contribution in [3.63, 3.8) is 0 Å². The standard InChI is InChI=1S/C17H21N3O2S/c21-23(22,16-5-1-3-14-4-2-9-18-17(14)16)19-15-8-10-20(12-15)11-13-6-7-13/h1-5,9,13,15,19H,6-8,10-12H2. The van der Waals surface area contributed by atoms with E-state index < -0.39 is 10.0 Å². The molecule has 0 radical (unpaired) electrons. The van der Waals surface area contributed by atoms with Crippen molar-refractivity contribution in [3.8, 4) is 0 Å². The third-order valence-electron chi connectivity index (χ3n) is 4.69. The predicted octanol–water partition coefficient (Wildman–Crippen LogP) is 2.00. The molecule has 1 unspecified atom stereocenters. The van der Waals surface area contributed by atoms with E-state index in [1.54, 1.807) is 18.3 Å². The highest BCUT2D eigenvalue weighted by molar-refractivity contribution is 7.89. The zero-order valence-corrected chi connectivity index (χ0v) is 13.8. The minimum absolute atomic E-state index is 0.00211. The zero-order chi connectivity index (χ0) is 15.9. The van der Waals surface area contributed by atoms with Gasteiger partial charge in [-0.1, -0.05) is 18.2 Å². The second-order valence-corrected chi connectivity index (χ2v) is 8.32. The molecule has 1 N–H and O–H groups in total. The summed E-state index contributed by atoms with van der Waals surface area (Å²) in [5.74, 6) is 0.840. The summed E-state index contributed by atoms with van der Waals surface area (Å²) in [6.07, 6.45) is 5.17. The summed E-state index contributed by atoms with van der Waals surface area (Å²) in [6.45, 7) is 2.92. The van der Waals surface area contributed by atoms with Crippen molar-refractivity contribution in [1.29, 1.82) is 0 Å². The number of para-hydroxylation sites is 1. The fourth-order valence-corrected chi connectivity index (χ4v) is 4.78. The van der Waals surface area contributed by atoms with Crippen LogP contribution in [-0.2, 0) is 10.0 Å². The molecule has 1 aliphatic heterocycles. The van der Waals surface area contributed by atoms with Gasteiger partial charge in [-0.15, -0.1) is 0 Å². The molecule has 1 atom stereocenters. The van der Waals surface area contributed by atoms with E-state index in [-0.39, 0.29) is 10.9 Å². The van der Waals surface area contributed by atoms with Crippen molar-refractivity contribution in [2.75, 3.05) is 19.6 Å². The van der Waals surface area contributed by atoms with E-state index in [4.69, 9.17) is 0 Å². The van der Waals surface area contributed by atoms with Crippen LogP contribution in [0.25, 0.3) is 10.9 Å². The molecule has 23 heavy (non-hydrogen) atoms. The first-order chi connectivity index (χ1) is 11.1. The molecule has 1 aliphatic carbocycles. The maximum atomic E-state index is 12.8. The van der Waals surface area contributed by atoms with Crippen LogP contribution in [0.3, 0.4) is 0 Å². The Balaban J connectivity index is 1.53. The molecule has 2 fully saturated rings. The lowest BCUT2D eigenvalue weighted by Gasteiger charge is -2.16. The van der Waals surface area contributed by atoms with Crippen molar-refractivity contribution >= 4 is 20.9 Å². The van der Waals surface area contributed by atoms with Crippen LogP contribution in [0.15, 0.2) is 41.4 Å². The van der Waals surface area contributed by atoms with E-state index in [9.17, 15) is 8.42 Å². The van der Waals surface area contributed by atoms with Gasteiger partial charge in [-0.3, -0.25) is 4.98 Å². The molecule has 0 amide bonds. The number of nitrogens with one attached hydrogen (secondary N) is 1. The van der Waals surface area contributed by atoms with E-state index in [2.05, 4.69) is 14.6 Å². The Morgan fingerprint density at radius 1 is 1.17 bits per heavy atom. The van der Waals surface area contributed by atoms with Gasteiger partial charge in [-0.25, -0.2) is 13.1 Å². The second-order valence-electron chi connectivity index (χ2n) is 6.64. The van der Waals surface area contributed by atoms with Crippen LogP contribution in [0, 0.1) is 5.92 Å². The third-order valence-corrected chi connectivity index (χ3v) is 6.24. The van der Waals surface area contributed by atoms with Crippen molar-refractivity contribution < 1.29 is 8.42 Å². The summed E-state index contributed by atoms with van der Waals surface area (Å²) in [5.41, 5.74) is 0.537. The van der Waals surface area contributed by atoms with Crippen LogP contribution < -0.4 is 4.72 Å². The Morgan fingerprint density at radius 3 is 2.83 bits per heavy atom. The molecular formula is C17H21N3O2S. The van der Waals surface area contributed by atoms with E-state index in [1.807, 2.05) is 18.2 Å². The molecule has 0 bridgehead atoms. The summed E-state index contributed by atoms with van der Waals surface area (Å²) < 4.78 is 28.4. The number of likely N-dealkylation sites (tertiary alicyclic amines) is 1. The normalized spacial score (nSPS) is 22.7. The van der Waals surface area contributed by atoms with Gasteiger partial charge >= 0.3 is 0 Å². The topological polar surface area (TPSA) is 62.3 Å². The van der Waals surface area contributed by atoms with Crippen LogP contribution in [-0.4, -0.2) is 44.0 Å². The number of fused-ring (bicyclic) bond motifs is 1. The lowest BCUT2D eigenvalue weighted by Crippen LogP contribution is -2.37. The first kappa shape index (κ1) is 15.1. The lowest BCUT2D eigenvalue weighted by molar-refractivity contribution is 0.318. The molecule has 1 aromatic heterocycles. The second kappa shape index (κ2) is 5.85. The number of rotatable bonds is 5. The Labute approximate surface area is 136 Å². The maximum Gasteiger partial charge on any atom is 0.243 e. The Bertz CT molecular complexity index is 812. The molecule has 1 saturated heterocycles. The summed E-state index contributed by atoms with van der Waals surface area (Å²) in [6, 6.07) is 8.99. The van der Waals surface area contributed by atoms with Gasteiger partial charge < -0.3 is 4.90 Å². The highest BCUT2D eigenvalue weighted by Crippen LogP contribution is 2.31. The Kier molecular flexibility index (Phi) is 3.83. The predicted molar refractivity (Wildman–Crippen MR) is 89.6 cm³/mol. The number of nitrogens with zero attached hydrogens (tertiary/aromatic N) is 2. The molecule has 1 saturated carbocycles. The van der Waals surface area contributed by atoms with Crippen molar-refractivity contribution in [1.82, 2.24) is 14.6 Å². The largest absolute Gasteiger partial charge is 0.301 e. The number of benzene rings is 1. The Hall–Kier alpha value is -1.50. The first-order valence-corrected chi connectivity index (χ1v) is 9.68. The average Bonchev–Trinajstić information content (AvgIpc) is 3.25. The average molecular weight is 331 g/mol.